The minimum absolute atomic E-state index is 0.0894. The number of ether oxygens (including phenoxy) is 2. The average molecular weight is 431 g/mol. The zero-order valence-electron chi connectivity index (χ0n) is 19.3. The number of hydrogen-bond acceptors (Lipinski definition) is 4. The third kappa shape index (κ3) is 6.32. The molecule has 0 aliphatic rings. The molecule has 1 N–H and O–H groups in total. The lowest BCUT2D eigenvalue weighted by molar-refractivity contribution is 0.407. The maximum Gasteiger partial charge on any atom is 0.160 e. The Kier molecular flexibility index (Phi) is 9.23. The number of aromatic hydroxyl groups is 1. The molecule has 166 valence electrons. The average Bonchev–Trinajstić information content (AvgIpc) is 2.85. The summed E-state index contributed by atoms with van der Waals surface area (Å²) in [5.74, 6) is 1.89. The van der Waals surface area contributed by atoms with Crippen LogP contribution in [-0.2, 0) is 0 Å². The summed E-state index contributed by atoms with van der Waals surface area (Å²) in [6, 6.07) is 22.3. The van der Waals surface area contributed by atoms with Crippen LogP contribution in [0.2, 0.25) is 0 Å². The third-order valence-electron chi connectivity index (χ3n) is 4.56. The molecule has 32 heavy (non-hydrogen) atoms. The normalized spacial score (nSPS) is 11.3. The molecule has 0 spiro atoms. The first-order valence-corrected chi connectivity index (χ1v) is 10.4. The van der Waals surface area contributed by atoms with Crippen LogP contribution in [0.25, 0.3) is 5.70 Å². The van der Waals surface area contributed by atoms with Crippen LogP contribution in [0.4, 0.5) is 0 Å². The number of rotatable bonds is 6. The van der Waals surface area contributed by atoms with E-state index in [1.807, 2.05) is 75.4 Å². The van der Waals surface area contributed by atoms with E-state index < -0.39 is 0 Å². The van der Waals surface area contributed by atoms with E-state index in [-0.39, 0.29) is 5.75 Å². The van der Waals surface area contributed by atoms with Gasteiger partial charge in [-0.25, -0.2) is 9.98 Å². The summed E-state index contributed by atoms with van der Waals surface area (Å²) in [5, 5.41) is 10.4. The molecule has 0 amide bonds. The fourth-order valence-electron chi connectivity index (χ4n) is 2.88. The van der Waals surface area contributed by atoms with Gasteiger partial charge < -0.3 is 14.6 Å². The number of amidine groups is 1. The van der Waals surface area contributed by atoms with Gasteiger partial charge in [-0.15, -0.1) is 0 Å². The Morgan fingerprint density at radius 2 is 1.38 bits per heavy atom. The summed E-state index contributed by atoms with van der Waals surface area (Å²) in [6.07, 6.45) is 0. The Bertz CT molecular complexity index is 1090. The number of methoxy groups -OCH3 is 2. The van der Waals surface area contributed by atoms with Crippen LogP contribution >= 0.6 is 0 Å². The van der Waals surface area contributed by atoms with Gasteiger partial charge in [-0.2, -0.15) is 0 Å². The lowest BCUT2D eigenvalue weighted by Crippen LogP contribution is -2.05. The third-order valence-corrected chi connectivity index (χ3v) is 4.56. The van der Waals surface area contributed by atoms with Crippen LogP contribution in [0, 0.1) is 0 Å². The minimum Gasteiger partial charge on any atom is -0.507 e. The van der Waals surface area contributed by atoms with Gasteiger partial charge in [0.25, 0.3) is 0 Å². The van der Waals surface area contributed by atoms with Crippen LogP contribution in [0.5, 0.6) is 17.2 Å². The Morgan fingerprint density at radius 1 is 0.781 bits per heavy atom. The van der Waals surface area contributed by atoms with E-state index in [0.717, 1.165) is 16.9 Å². The van der Waals surface area contributed by atoms with Gasteiger partial charge in [-0.1, -0.05) is 50.8 Å². The highest BCUT2D eigenvalue weighted by atomic mass is 16.5. The van der Waals surface area contributed by atoms with Gasteiger partial charge in [0.05, 0.1) is 25.6 Å². The number of hydrogen-bond donors (Lipinski definition) is 1. The van der Waals surface area contributed by atoms with E-state index in [1.54, 1.807) is 32.4 Å². The van der Waals surface area contributed by atoms with Gasteiger partial charge in [0.15, 0.2) is 5.84 Å². The van der Waals surface area contributed by atoms with E-state index >= 15 is 0 Å². The maximum atomic E-state index is 10.4. The maximum absolute atomic E-state index is 10.4. The molecule has 0 fully saturated rings. The van der Waals surface area contributed by atoms with E-state index in [4.69, 9.17) is 14.5 Å². The minimum atomic E-state index is 0.0894. The van der Waals surface area contributed by atoms with Crippen molar-refractivity contribution in [3.8, 4) is 17.2 Å². The summed E-state index contributed by atoms with van der Waals surface area (Å²) in [7, 11) is 3.18. The fourth-order valence-corrected chi connectivity index (χ4v) is 2.88. The van der Waals surface area contributed by atoms with Gasteiger partial charge in [0.2, 0.25) is 0 Å². The van der Waals surface area contributed by atoms with E-state index in [2.05, 4.69) is 11.6 Å². The molecule has 5 heteroatoms. The molecule has 0 aliphatic carbocycles. The molecule has 0 bridgehead atoms. The van der Waals surface area contributed by atoms with Crippen LogP contribution in [0.15, 0.2) is 89.4 Å². The van der Waals surface area contributed by atoms with Crippen molar-refractivity contribution in [3.05, 3.63) is 96.1 Å². The number of phenolic OH excluding ortho intramolecular Hbond substituents is 1. The molecule has 3 aromatic rings. The Balaban J connectivity index is 0.00000176. The molecule has 3 rings (SSSR count). The lowest BCUT2D eigenvalue weighted by atomic mass is 10.1. The van der Waals surface area contributed by atoms with Crippen molar-refractivity contribution in [1.29, 1.82) is 0 Å². The molecule has 0 saturated carbocycles. The largest absolute Gasteiger partial charge is 0.507 e. The van der Waals surface area contributed by atoms with Crippen LogP contribution < -0.4 is 9.47 Å². The summed E-state index contributed by atoms with van der Waals surface area (Å²) >= 11 is 0. The topological polar surface area (TPSA) is 63.4 Å². The Morgan fingerprint density at radius 3 is 1.94 bits per heavy atom. The first-order valence-electron chi connectivity index (χ1n) is 10.4. The fraction of sp³-hybridized carbons (Fsp3) is 0.185. The zero-order valence-corrected chi connectivity index (χ0v) is 19.3. The van der Waals surface area contributed by atoms with Crippen molar-refractivity contribution in [3.63, 3.8) is 0 Å². The number of nitrogens with zero attached hydrogens (tertiary/aromatic N) is 2. The highest BCUT2D eigenvalue weighted by Crippen LogP contribution is 2.25. The SMILES string of the molecule is C=C(N=C(N=C(C)c1ccc(OC)cc1O)c1ccc(OC)cc1)c1ccccc1.CC. The van der Waals surface area contributed by atoms with Crippen molar-refractivity contribution in [1.82, 2.24) is 0 Å². The molecule has 0 radical (unpaired) electrons. The quantitative estimate of drug-likeness (QED) is 0.365. The molecule has 0 heterocycles. The van der Waals surface area contributed by atoms with Gasteiger partial charge in [0, 0.05) is 17.2 Å². The summed E-state index contributed by atoms with van der Waals surface area (Å²) in [5.41, 5.74) is 3.52. The van der Waals surface area contributed by atoms with E-state index in [9.17, 15) is 5.11 Å². The molecule has 3 aromatic carbocycles. The predicted molar refractivity (Wildman–Crippen MR) is 133 cm³/mol. The predicted octanol–water partition coefficient (Wildman–Crippen LogP) is 6.36. The summed E-state index contributed by atoms with van der Waals surface area (Å²) < 4.78 is 10.4. The van der Waals surface area contributed by atoms with Crippen molar-refractivity contribution in [2.45, 2.75) is 20.8 Å². The summed E-state index contributed by atoms with van der Waals surface area (Å²) in [4.78, 5) is 9.41. The lowest BCUT2D eigenvalue weighted by Gasteiger charge is -2.09. The highest BCUT2D eigenvalue weighted by molar-refractivity contribution is 6.13. The Labute approximate surface area is 190 Å². The van der Waals surface area contributed by atoms with Gasteiger partial charge >= 0.3 is 0 Å². The second kappa shape index (κ2) is 12.1. The van der Waals surface area contributed by atoms with Gasteiger partial charge in [-0.3, -0.25) is 0 Å². The van der Waals surface area contributed by atoms with Crippen LogP contribution in [0.3, 0.4) is 0 Å². The summed E-state index contributed by atoms with van der Waals surface area (Å²) in [6.45, 7) is 9.92. The molecule has 0 aliphatic heterocycles. The molecule has 0 unspecified atom stereocenters. The van der Waals surface area contributed by atoms with Crippen LogP contribution in [0.1, 0.15) is 37.5 Å². The second-order valence-electron chi connectivity index (χ2n) is 6.56. The second-order valence-corrected chi connectivity index (χ2v) is 6.56. The molecule has 0 saturated heterocycles. The van der Waals surface area contributed by atoms with Crippen molar-refractivity contribution >= 4 is 17.2 Å². The van der Waals surface area contributed by atoms with Gasteiger partial charge in [0.1, 0.15) is 17.2 Å². The molecular weight excluding hydrogens is 400 g/mol. The zero-order chi connectivity index (χ0) is 23.5. The highest BCUT2D eigenvalue weighted by Gasteiger charge is 2.10. The van der Waals surface area contributed by atoms with Crippen molar-refractivity contribution < 1.29 is 14.6 Å². The molecular formula is C27H30N2O3. The number of benzene rings is 3. The standard InChI is InChI=1S/C25H24N2O3.C2H6/c1-17(19-8-6-5-7-9-19)26-25(20-10-12-21(29-3)13-11-20)27-18(2)23-15-14-22(30-4)16-24(23)28;1-2/h5-16,28H,1H2,2-4H3;1-2H3. The Hall–Kier alpha value is -3.86. The molecule has 0 atom stereocenters. The molecule has 5 nitrogen and oxygen atoms in total. The first-order chi connectivity index (χ1) is 15.5. The van der Waals surface area contributed by atoms with E-state index in [0.29, 0.717) is 28.6 Å². The number of phenols is 1. The van der Waals surface area contributed by atoms with Crippen molar-refractivity contribution in [2.24, 2.45) is 9.98 Å². The van der Waals surface area contributed by atoms with Crippen LogP contribution in [-0.4, -0.2) is 30.9 Å². The van der Waals surface area contributed by atoms with Gasteiger partial charge in [-0.05, 0) is 48.9 Å². The monoisotopic (exact) mass is 430 g/mol. The number of aliphatic imine (C=N–C) groups is 2. The van der Waals surface area contributed by atoms with E-state index in [1.165, 1.54) is 0 Å². The smallest absolute Gasteiger partial charge is 0.160 e. The molecule has 0 aromatic heterocycles. The first kappa shape index (κ1) is 24.4. The van der Waals surface area contributed by atoms with Crippen molar-refractivity contribution in [2.75, 3.05) is 14.2 Å².